The Labute approximate surface area is 582 Å². The van der Waals surface area contributed by atoms with Gasteiger partial charge in [-0.1, -0.05) is 380 Å². The van der Waals surface area contributed by atoms with Gasteiger partial charge in [0.1, 0.15) is 19.8 Å². The quantitative estimate of drug-likeness (QED) is 0.0211. The molecule has 0 aliphatic rings. The first-order valence-corrected chi connectivity index (χ1v) is 41.1. The van der Waals surface area contributed by atoms with Crippen LogP contribution in [0.5, 0.6) is 0 Å². The monoisotopic (exact) mass is 1330 g/mol. The van der Waals surface area contributed by atoms with Gasteiger partial charge in [0.05, 0.1) is 27.7 Å². The Morgan fingerprint density at radius 2 is 0.606 bits per heavy atom. The van der Waals surface area contributed by atoms with Crippen molar-refractivity contribution in [2.75, 3.05) is 47.5 Å². The van der Waals surface area contributed by atoms with Crippen LogP contribution in [0.1, 0.15) is 361 Å². The maximum absolute atomic E-state index is 12.9. The molecule has 0 aromatic rings. The Balaban J connectivity index is 3.99. The highest BCUT2D eigenvalue weighted by atomic mass is 31.2. The van der Waals surface area contributed by atoms with Crippen LogP contribution in [0, 0.1) is 0 Å². The number of unbranched alkanes of at least 4 members (excludes halogenated alkanes) is 41. The molecule has 0 saturated heterocycles. The van der Waals surface area contributed by atoms with Crippen molar-refractivity contribution in [3.8, 4) is 0 Å². The third-order valence-electron chi connectivity index (χ3n) is 17.3. The highest BCUT2D eigenvalue weighted by Crippen LogP contribution is 2.43. The average molecular weight is 1330 g/mol. The summed E-state index contributed by atoms with van der Waals surface area (Å²) in [5.41, 5.74) is 0. The van der Waals surface area contributed by atoms with Crippen LogP contribution in [0.3, 0.4) is 0 Å². The van der Waals surface area contributed by atoms with Crippen LogP contribution >= 0.6 is 7.82 Å². The molecule has 10 heteroatoms. The minimum atomic E-state index is -4.42. The minimum absolute atomic E-state index is 0.0165. The zero-order chi connectivity index (χ0) is 68.3. The highest BCUT2D eigenvalue weighted by molar-refractivity contribution is 7.47. The van der Waals surface area contributed by atoms with Crippen molar-refractivity contribution < 1.29 is 42.1 Å². The molecule has 9 nitrogen and oxygen atoms in total. The number of ether oxygens (including phenoxy) is 2. The maximum atomic E-state index is 12.9. The van der Waals surface area contributed by atoms with E-state index >= 15 is 0 Å². The fourth-order valence-electron chi connectivity index (χ4n) is 11.3. The second-order valence-electron chi connectivity index (χ2n) is 27.7. The molecule has 1 N–H and O–H groups in total. The van der Waals surface area contributed by atoms with Gasteiger partial charge in [-0.2, -0.15) is 0 Å². The molecule has 0 rings (SSSR count). The van der Waals surface area contributed by atoms with Gasteiger partial charge in [0.2, 0.25) is 0 Å². The Hall–Kier alpha value is -3.33. The lowest BCUT2D eigenvalue weighted by atomic mass is 10.0. The molecule has 0 heterocycles. The molecule has 0 amide bonds. The summed E-state index contributed by atoms with van der Waals surface area (Å²) in [4.78, 5) is 35.9. The molecular formula is C84H151NO8P+. The molecule has 2 atom stereocenters. The number of carbonyl (C=O) groups is 2. The fraction of sp³-hybridized carbons (Fsp3) is 0.762. The van der Waals surface area contributed by atoms with Crippen molar-refractivity contribution in [3.05, 3.63) is 109 Å². The molecule has 0 aromatic heterocycles. The number of nitrogens with zero attached hydrogens (tertiary/aromatic N) is 1. The second-order valence-corrected chi connectivity index (χ2v) is 29.2. The predicted octanol–water partition coefficient (Wildman–Crippen LogP) is 26.4. The topological polar surface area (TPSA) is 108 Å². The lowest BCUT2D eigenvalue weighted by Crippen LogP contribution is -2.37. The number of allylic oxidation sites excluding steroid dienone is 18. The predicted molar refractivity (Wildman–Crippen MR) is 408 cm³/mol. The average Bonchev–Trinajstić information content (AvgIpc) is 1.65. The van der Waals surface area contributed by atoms with E-state index in [4.69, 9.17) is 18.5 Å². The van der Waals surface area contributed by atoms with Gasteiger partial charge in [-0.05, 0) is 77.0 Å². The first-order chi connectivity index (χ1) is 46.0. The summed E-state index contributed by atoms with van der Waals surface area (Å²) in [6.07, 6.45) is 106. The van der Waals surface area contributed by atoms with E-state index in [9.17, 15) is 19.0 Å². The van der Waals surface area contributed by atoms with Gasteiger partial charge >= 0.3 is 19.8 Å². The fourth-order valence-corrected chi connectivity index (χ4v) is 12.1. The number of phosphoric acid groups is 1. The summed E-state index contributed by atoms with van der Waals surface area (Å²) in [5, 5.41) is 0. The Bertz CT molecular complexity index is 1960. The third kappa shape index (κ3) is 77.7. The van der Waals surface area contributed by atoms with Gasteiger partial charge in [0.25, 0.3) is 0 Å². The van der Waals surface area contributed by atoms with Crippen molar-refractivity contribution >= 4 is 19.8 Å². The number of quaternary nitrogens is 1. The second kappa shape index (κ2) is 73.9. The largest absolute Gasteiger partial charge is 0.472 e. The van der Waals surface area contributed by atoms with Crippen molar-refractivity contribution in [2.24, 2.45) is 0 Å². The van der Waals surface area contributed by atoms with Gasteiger partial charge in [-0.3, -0.25) is 18.6 Å². The van der Waals surface area contributed by atoms with Crippen molar-refractivity contribution in [1.29, 1.82) is 0 Å². The first-order valence-electron chi connectivity index (χ1n) is 39.6. The molecular weight excluding hydrogens is 1180 g/mol. The SMILES string of the molecule is CC/C=C\C/C=C\C/C=C\C/C=C\C/C=C\C/C=C\C/C=C\C/C=C\C/C=C\CCCC(=O)OC(COC(=O)CCCCCCCCCCCCCCCCCCCCCCCCCCCCCCCCCCCCCCCCCCC)COP(=O)(O)OCC[N+](C)(C)C. The molecule has 94 heavy (non-hydrogen) atoms. The number of hydrogen-bond acceptors (Lipinski definition) is 7. The van der Waals surface area contributed by atoms with Crippen LogP contribution < -0.4 is 0 Å². The molecule has 0 fully saturated rings. The van der Waals surface area contributed by atoms with Crippen molar-refractivity contribution in [2.45, 2.75) is 367 Å². The smallest absolute Gasteiger partial charge is 0.462 e. The van der Waals surface area contributed by atoms with Crippen LogP contribution in [0.4, 0.5) is 0 Å². The van der Waals surface area contributed by atoms with E-state index in [1.807, 2.05) is 21.1 Å². The summed E-state index contributed by atoms with van der Waals surface area (Å²) in [6.45, 7) is 4.29. The van der Waals surface area contributed by atoms with E-state index in [1.165, 1.54) is 244 Å². The van der Waals surface area contributed by atoms with Gasteiger partial charge < -0.3 is 18.9 Å². The van der Waals surface area contributed by atoms with Gasteiger partial charge in [-0.15, -0.1) is 0 Å². The Morgan fingerprint density at radius 1 is 0.340 bits per heavy atom. The molecule has 0 bridgehead atoms. The van der Waals surface area contributed by atoms with E-state index in [2.05, 4.69) is 123 Å². The zero-order valence-corrected chi connectivity index (χ0v) is 63.1. The zero-order valence-electron chi connectivity index (χ0n) is 62.2. The van der Waals surface area contributed by atoms with Crippen LogP contribution in [0.25, 0.3) is 0 Å². The Kier molecular flexibility index (Phi) is 71.3. The molecule has 544 valence electrons. The summed E-state index contributed by atoms with van der Waals surface area (Å²) >= 11 is 0. The van der Waals surface area contributed by atoms with Crippen LogP contribution in [-0.4, -0.2) is 74.9 Å². The van der Waals surface area contributed by atoms with Gasteiger partial charge in [0, 0.05) is 12.8 Å². The van der Waals surface area contributed by atoms with E-state index < -0.39 is 26.5 Å². The van der Waals surface area contributed by atoms with E-state index in [-0.39, 0.29) is 32.0 Å². The molecule has 0 radical (unpaired) electrons. The van der Waals surface area contributed by atoms with Crippen LogP contribution in [-0.2, 0) is 32.7 Å². The van der Waals surface area contributed by atoms with E-state index in [0.717, 1.165) is 77.0 Å². The van der Waals surface area contributed by atoms with Crippen LogP contribution in [0.2, 0.25) is 0 Å². The van der Waals surface area contributed by atoms with Crippen LogP contribution in [0.15, 0.2) is 109 Å². The van der Waals surface area contributed by atoms with Gasteiger partial charge in [-0.25, -0.2) is 4.57 Å². The molecule has 0 spiro atoms. The lowest BCUT2D eigenvalue weighted by molar-refractivity contribution is -0.870. The number of likely N-dealkylation sites (N-methyl/N-ethyl adjacent to an activating group) is 1. The lowest BCUT2D eigenvalue weighted by Gasteiger charge is -2.24. The Morgan fingerprint density at radius 3 is 0.894 bits per heavy atom. The van der Waals surface area contributed by atoms with E-state index in [1.54, 1.807) is 0 Å². The summed E-state index contributed by atoms with van der Waals surface area (Å²) in [5.74, 6) is -0.861. The van der Waals surface area contributed by atoms with E-state index in [0.29, 0.717) is 23.9 Å². The standard InChI is InChI=1S/C84H150NO8P/c1-6-8-10-12-14-16-18-20-22-24-26-28-30-32-34-36-37-38-39-40-41-42-43-44-45-46-47-49-50-52-54-56-58-60-62-64-66-68-70-72-74-76-83(86)90-80-82(81-92-94(88,89)91-79-78-85(3,4)5)93-84(87)77-75-73-71-69-67-65-63-61-59-57-55-53-51-48-35-33-31-29-27-25-23-21-19-17-15-13-11-9-7-2/h9,11,15,17,21,23,27,29,33,35,51,53,57,59,63,65,69,71,82H,6-8,10,12-14,16,18-20,22,24-26,28,30-32,34,36-50,52,54-56,58,60-62,64,66-68,70,72-81H2,1-5H3/p+1/b11-9-,17-15-,23-21-,29-27-,35-33-,53-51-,59-57-,65-63-,71-69-. The molecule has 0 saturated carbocycles. The number of carbonyl (C=O) groups excluding carboxylic acids is 2. The minimum Gasteiger partial charge on any atom is -0.462 e. The number of hydrogen-bond donors (Lipinski definition) is 1. The maximum Gasteiger partial charge on any atom is 0.472 e. The summed E-state index contributed by atoms with van der Waals surface area (Å²) in [7, 11) is 1.44. The molecule has 0 aliphatic carbocycles. The molecule has 0 aliphatic heterocycles. The number of rotatable bonds is 73. The third-order valence-corrected chi connectivity index (χ3v) is 18.3. The normalized spacial score (nSPS) is 13.6. The highest BCUT2D eigenvalue weighted by Gasteiger charge is 2.27. The van der Waals surface area contributed by atoms with Crippen molar-refractivity contribution in [3.63, 3.8) is 0 Å². The number of esters is 2. The molecule has 0 aromatic carbocycles. The first kappa shape index (κ1) is 90.7. The van der Waals surface area contributed by atoms with Crippen molar-refractivity contribution in [1.82, 2.24) is 0 Å². The molecule has 2 unspecified atom stereocenters. The summed E-state index contributed by atoms with van der Waals surface area (Å²) < 4.78 is 34.7. The number of phosphoric ester groups is 1. The summed E-state index contributed by atoms with van der Waals surface area (Å²) in [6, 6.07) is 0. The van der Waals surface area contributed by atoms with Gasteiger partial charge in [0.15, 0.2) is 6.10 Å².